The van der Waals surface area contributed by atoms with Crippen molar-refractivity contribution in [3.63, 3.8) is 0 Å². The average Bonchev–Trinajstić information content (AvgIpc) is 2.90. The molecular formula is C15H18N3O3+. The zero-order valence-electron chi connectivity index (χ0n) is 11.7. The smallest absolute Gasteiger partial charge is 0.267 e. The minimum Gasteiger partial charge on any atom is -0.506 e. The number of hydrogen-bond donors (Lipinski definition) is 3. The van der Waals surface area contributed by atoms with E-state index in [1.165, 1.54) is 0 Å². The van der Waals surface area contributed by atoms with Crippen LogP contribution in [0.25, 0.3) is 10.9 Å². The molecule has 0 unspecified atom stereocenters. The quantitative estimate of drug-likeness (QED) is 0.669. The average molecular weight is 288 g/mol. The van der Waals surface area contributed by atoms with E-state index in [0.29, 0.717) is 25.0 Å². The molecule has 1 aromatic heterocycles. The van der Waals surface area contributed by atoms with Gasteiger partial charge in [0.25, 0.3) is 11.5 Å². The van der Waals surface area contributed by atoms with Crippen molar-refractivity contribution in [3.8, 4) is 5.75 Å². The summed E-state index contributed by atoms with van der Waals surface area (Å²) in [6.07, 6.45) is 1.48. The summed E-state index contributed by atoms with van der Waals surface area (Å²) in [5.74, 6) is -0.740. The molecule has 2 heterocycles. The zero-order chi connectivity index (χ0) is 15.0. The zero-order valence-corrected chi connectivity index (χ0v) is 11.7. The number of hydrogen-bond acceptors (Lipinski definition) is 3. The lowest BCUT2D eigenvalue weighted by atomic mass is 10.1. The molecule has 0 atom stereocenters. The summed E-state index contributed by atoms with van der Waals surface area (Å²) >= 11 is 0. The molecule has 2 aromatic rings. The van der Waals surface area contributed by atoms with Crippen LogP contribution in [0.15, 0.2) is 23.0 Å². The third kappa shape index (κ3) is 2.08. The molecule has 0 saturated carbocycles. The second-order valence-corrected chi connectivity index (χ2v) is 5.21. The fourth-order valence-corrected chi connectivity index (χ4v) is 2.84. The Bertz CT molecular complexity index is 780. The van der Waals surface area contributed by atoms with Crippen molar-refractivity contribution in [1.82, 2.24) is 9.88 Å². The highest BCUT2D eigenvalue weighted by molar-refractivity contribution is 6.03. The molecule has 110 valence electrons. The number of nitrogens with zero attached hydrogens (tertiary/aromatic N) is 1. The molecule has 1 aliphatic heterocycles. The highest BCUT2D eigenvalue weighted by Crippen LogP contribution is 2.31. The second-order valence-electron chi connectivity index (χ2n) is 5.21. The van der Waals surface area contributed by atoms with E-state index < -0.39 is 11.5 Å². The first-order valence-corrected chi connectivity index (χ1v) is 7.10. The van der Waals surface area contributed by atoms with Gasteiger partial charge in [-0.25, -0.2) is 0 Å². The molecule has 6 heteroatoms. The van der Waals surface area contributed by atoms with Crippen LogP contribution >= 0.6 is 0 Å². The SMILES string of the molecule is [NH3+]CCCNC(=O)c1c(O)c2cccc3c2n(c1=O)CC3. The van der Waals surface area contributed by atoms with E-state index in [4.69, 9.17) is 0 Å². The van der Waals surface area contributed by atoms with Gasteiger partial charge >= 0.3 is 0 Å². The Morgan fingerprint density at radius 1 is 1.43 bits per heavy atom. The first-order valence-electron chi connectivity index (χ1n) is 7.10. The number of amides is 1. The lowest BCUT2D eigenvalue weighted by molar-refractivity contribution is -0.367. The predicted octanol–water partition coefficient (Wildman–Crippen LogP) is -0.375. The summed E-state index contributed by atoms with van der Waals surface area (Å²) in [6.45, 7) is 1.70. The summed E-state index contributed by atoms with van der Waals surface area (Å²) in [5, 5.41) is 13.6. The lowest BCUT2D eigenvalue weighted by Crippen LogP contribution is -2.51. The van der Waals surface area contributed by atoms with Gasteiger partial charge in [-0.3, -0.25) is 9.59 Å². The van der Waals surface area contributed by atoms with Crippen molar-refractivity contribution in [2.45, 2.75) is 19.4 Å². The predicted molar refractivity (Wildman–Crippen MR) is 78.3 cm³/mol. The van der Waals surface area contributed by atoms with Gasteiger partial charge in [0.15, 0.2) is 0 Å². The van der Waals surface area contributed by atoms with E-state index in [1.54, 1.807) is 10.6 Å². The highest BCUT2D eigenvalue weighted by Gasteiger charge is 2.25. The third-order valence-corrected chi connectivity index (χ3v) is 3.88. The van der Waals surface area contributed by atoms with Crippen molar-refractivity contribution < 1.29 is 15.6 Å². The number of rotatable bonds is 4. The maximum Gasteiger partial charge on any atom is 0.267 e. The number of pyridine rings is 1. The van der Waals surface area contributed by atoms with Gasteiger partial charge in [0.2, 0.25) is 0 Å². The van der Waals surface area contributed by atoms with Crippen LogP contribution in [-0.2, 0) is 13.0 Å². The number of aromatic hydroxyl groups is 1. The summed E-state index contributed by atoms with van der Waals surface area (Å²) in [6, 6.07) is 5.52. The van der Waals surface area contributed by atoms with Gasteiger partial charge in [0.1, 0.15) is 11.3 Å². The number of nitrogens with one attached hydrogen (secondary N) is 1. The first-order chi connectivity index (χ1) is 10.1. The van der Waals surface area contributed by atoms with E-state index in [9.17, 15) is 14.7 Å². The van der Waals surface area contributed by atoms with Gasteiger partial charge in [-0.05, 0) is 18.1 Å². The molecular weight excluding hydrogens is 270 g/mol. The molecule has 3 rings (SSSR count). The van der Waals surface area contributed by atoms with E-state index in [2.05, 4.69) is 11.1 Å². The fraction of sp³-hybridized carbons (Fsp3) is 0.333. The van der Waals surface area contributed by atoms with Gasteiger partial charge < -0.3 is 20.7 Å². The molecule has 1 amide bonds. The summed E-state index contributed by atoms with van der Waals surface area (Å²) in [4.78, 5) is 24.7. The van der Waals surface area contributed by atoms with E-state index in [0.717, 1.165) is 23.9 Å². The van der Waals surface area contributed by atoms with E-state index in [-0.39, 0.29) is 11.3 Å². The number of aryl methyl sites for hydroxylation is 2. The van der Waals surface area contributed by atoms with Crippen LogP contribution in [0.2, 0.25) is 0 Å². The van der Waals surface area contributed by atoms with Crippen LogP contribution in [0.5, 0.6) is 5.75 Å². The lowest BCUT2D eigenvalue weighted by Gasteiger charge is -2.11. The van der Waals surface area contributed by atoms with Gasteiger partial charge in [-0.1, -0.05) is 12.1 Å². The number of aromatic nitrogens is 1. The molecule has 5 N–H and O–H groups in total. The third-order valence-electron chi connectivity index (χ3n) is 3.88. The molecule has 6 nitrogen and oxygen atoms in total. The van der Waals surface area contributed by atoms with Crippen LogP contribution in [0.4, 0.5) is 0 Å². The summed E-state index contributed by atoms with van der Waals surface area (Å²) in [7, 11) is 0. The maximum atomic E-state index is 12.5. The highest BCUT2D eigenvalue weighted by atomic mass is 16.3. The number of quaternary nitrogens is 1. The molecule has 0 aliphatic carbocycles. The van der Waals surface area contributed by atoms with Crippen LogP contribution < -0.4 is 16.6 Å². The Morgan fingerprint density at radius 3 is 3.00 bits per heavy atom. The molecule has 1 aromatic carbocycles. The van der Waals surface area contributed by atoms with Crippen LogP contribution in [0, 0.1) is 0 Å². The molecule has 0 bridgehead atoms. The molecule has 0 spiro atoms. The topological polar surface area (TPSA) is 99.0 Å². The monoisotopic (exact) mass is 288 g/mol. The van der Waals surface area contributed by atoms with Gasteiger partial charge in [-0.2, -0.15) is 0 Å². The summed E-state index contributed by atoms with van der Waals surface area (Å²) in [5.41, 5.74) is 4.89. The van der Waals surface area contributed by atoms with Gasteiger partial charge in [0.05, 0.1) is 12.1 Å². The van der Waals surface area contributed by atoms with Crippen molar-refractivity contribution in [1.29, 1.82) is 0 Å². The number of benzene rings is 1. The molecule has 0 fully saturated rings. The normalized spacial score (nSPS) is 12.8. The molecule has 1 aliphatic rings. The minimum atomic E-state index is -0.520. The van der Waals surface area contributed by atoms with E-state index in [1.807, 2.05) is 12.1 Å². The van der Waals surface area contributed by atoms with Crippen molar-refractivity contribution in [3.05, 3.63) is 39.7 Å². The van der Waals surface area contributed by atoms with E-state index >= 15 is 0 Å². The molecule has 21 heavy (non-hydrogen) atoms. The molecule has 0 radical (unpaired) electrons. The van der Waals surface area contributed by atoms with Crippen molar-refractivity contribution in [2.75, 3.05) is 13.1 Å². The van der Waals surface area contributed by atoms with Crippen LogP contribution in [0.1, 0.15) is 22.3 Å². The van der Waals surface area contributed by atoms with Crippen LogP contribution in [-0.4, -0.2) is 28.7 Å². The Hall–Kier alpha value is -2.34. The Balaban J connectivity index is 2.13. The fourth-order valence-electron chi connectivity index (χ4n) is 2.84. The standard InChI is InChI=1S/C15H17N3O3/c16-6-2-7-17-14(20)11-13(19)10-4-1-3-9-5-8-18(12(9)10)15(11)21/h1,3-4,19H,2,5-8,16H2,(H,17,20)/p+1. The maximum absolute atomic E-state index is 12.5. The number of carbonyl (C=O) groups excluding carboxylic acids is 1. The van der Waals surface area contributed by atoms with Gasteiger partial charge in [0, 0.05) is 24.9 Å². The largest absolute Gasteiger partial charge is 0.506 e. The number of para-hydroxylation sites is 1. The minimum absolute atomic E-state index is 0.161. The van der Waals surface area contributed by atoms with Crippen molar-refractivity contribution in [2.24, 2.45) is 0 Å². The van der Waals surface area contributed by atoms with Crippen molar-refractivity contribution >= 4 is 16.8 Å². The van der Waals surface area contributed by atoms with Crippen LogP contribution in [0.3, 0.4) is 0 Å². The molecule has 0 saturated heterocycles. The Morgan fingerprint density at radius 2 is 2.24 bits per heavy atom. The number of carbonyl (C=O) groups is 1. The Kier molecular flexibility index (Phi) is 3.39. The van der Waals surface area contributed by atoms with Gasteiger partial charge in [-0.15, -0.1) is 0 Å². The second kappa shape index (κ2) is 5.21. The first kappa shape index (κ1) is 13.6. The Labute approximate surface area is 121 Å². The summed E-state index contributed by atoms with van der Waals surface area (Å²) < 4.78 is 1.58.